The first kappa shape index (κ1) is 15.5. The topological polar surface area (TPSA) is 46.9 Å². The molecule has 0 spiro atoms. The van der Waals surface area contributed by atoms with Crippen molar-refractivity contribution in [2.45, 2.75) is 13.5 Å². The summed E-state index contributed by atoms with van der Waals surface area (Å²) in [6.45, 7) is 2.76. The minimum atomic E-state index is -0.182. The van der Waals surface area contributed by atoms with Gasteiger partial charge in [0, 0.05) is 16.7 Å². The van der Waals surface area contributed by atoms with Gasteiger partial charge in [-0.15, -0.1) is 0 Å². The third-order valence-corrected chi connectivity index (χ3v) is 4.29. The zero-order valence-corrected chi connectivity index (χ0v) is 14.2. The van der Waals surface area contributed by atoms with Crippen LogP contribution in [0.3, 0.4) is 0 Å². The minimum absolute atomic E-state index is 0.182. The number of aromatic nitrogens is 2. The van der Waals surface area contributed by atoms with Gasteiger partial charge in [-0.05, 0) is 46.1 Å². The Morgan fingerprint density at radius 2 is 1.87 bits per heavy atom. The first-order valence-electron chi connectivity index (χ1n) is 7.27. The summed E-state index contributed by atoms with van der Waals surface area (Å²) in [5, 5.41) is 7.23. The SMILES string of the molecule is Cc1ccccc1Cn1ccc(NC(=O)c2ccccc2Br)n1. The molecule has 5 heteroatoms. The monoisotopic (exact) mass is 369 g/mol. The number of hydrogen-bond acceptors (Lipinski definition) is 2. The number of carbonyl (C=O) groups excluding carboxylic acids is 1. The molecule has 1 N–H and O–H groups in total. The van der Waals surface area contributed by atoms with Gasteiger partial charge in [-0.3, -0.25) is 9.48 Å². The number of hydrogen-bond donors (Lipinski definition) is 1. The molecule has 0 saturated carbocycles. The van der Waals surface area contributed by atoms with Crippen molar-refractivity contribution in [1.29, 1.82) is 0 Å². The fourth-order valence-electron chi connectivity index (χ4n) is 2.31. The van der Waals surface area contributed by atoms with Gasteiger partial charge in [0.15, 0.2) is 5.82 Å². The van der Waals surface area contributed by atoms with Crippen LogP contribution >= 0.6 is 15.9 Å². The highest BCUT2D eigenvalue weighted by atomic mass is 79.9. The zero-order chi connectivity index (χ0) is 16.2. The van der Waals surface area contributed by atoms with Gasteiger partial charge >= 0.3 is 0 Å². The van der Waals surface area contributed by atoms with E-state index in [1.807, 2.05) is 41.2 Å². The standard InChI is InChI=1S/C18H16BrN3O/c1-13-6-2-3-7-14(13)12-22-11-10-17(21-22)20-18(23)15-8-4-5-9-16(15)19/h2-11H,12H2,1H3,(H,20,21,23). The summed E-state index contributed by atoms with van der Waals surface area (Å²) in [7, 11) is 0. The molecule has 0 saturated heterocycles. The molecule has 1 heterocycles. The van der Waals surface area contributed by atoms with Gasteiger partial charge in [-0.1, -0.05) is 36.4 Å². The van der Waals surface area contributed by atoms with E-state index in [4.69, 9.17) is 0 Å². The number of nitrogens with one attached hydrogen (secondary N) is 1. The Morgan fingerprint density at radius 1 is 1.13 bits per heavy atom. The Balaban J connectivity index is 1.72. The third-order valence-electron chi connectivity index (χ3n) is 3.59. The number of benzene rings is 2. The molecule has 0 aliphatic carbocycles. The molecule has 2 aromatic carbocycles. The second-order valence-electron chi connectivity index (χ2n) is 5.26. The predicted octanol–water partition coefficient (Wildman–Crippen LogP) is 4.25. The number of aryl methyl sites for hydroxylation is 1. The molecule has 1 aromatic heterocycles. The Hall–Kier alpha value is -2.40. The molecule has 0 aliphatic rings. The van der Waals surface area contributed by atoms with Crippen LogP contribution in [-0.4, -0.2) is 15.7 Å². The normalized spacial score (nSPS) is 10.5. The zero-order valence-electron chi connectivity index (χ0n) is 12.7. The van der Waals surface area contributed by atoms with Gasteiger partial charge < -0.3 is 5.32 Å². The summed E-state index contributed by atoms with van der Waals surface area (Å²) in [6.07, 6.45) is 1.86. The van der Waals surface area contributed by atoms with Crippen LogP contribution in [0, 0.1) is 6.92 Å². The molecule has 0 unspecified atom stereocenters. The number of halogens is 1. The highest BCUT2D eigenvalue weighted by Gasteiger charge is 2.11. The molecule has 23 heavy (non-hydrogen) atoms. The second-order valence-corrected chi connectivity index (χ2v) is 6.11. The van der Waals surface area contributed by atoms with E-state index in [2.05, 4.69) is 45.4 Å². The molecule has 3 aromatic rings. The predicted molar refractivity (Wildman–Crippen MR) is 94.6 cm³/mol. The molecule has 3 rings (SSSR count). The van der Waals surface area contributed by atoms with Crippen LogP contribution in [-0.2, 0) is 6.54 Å². The van der Waals surface area contributed by atoms with Crippen LogP contribution in [0.2, 0.25) is 0 Å². The van der Waals surface area contributed by atoms with E-state index in [0.29, 0.717) is 17.9 Å². The molecular weight excluding hydrogens is 354 g/mol. The molecular formula is C18H16BrN3O. The first-order valence-corrected chi connectivity index (χ1v) is 8.06. The summed E-state index contributed by atoms with van der Waals surface area (Å²) in [5.41, 5.74) is 3.02. The highest BCUT2D eigenvalue weighted by molar-refractivity contribution is 9.10. The minimum Gasteiger partial charge on any atom is -0.305 e. The number of rotatable bonds is 4. The van der Waals surface area contributed by atoms with Gasteiger partial charge in [0.25, 0.3) is 5.91 Å². The van der Waals surface area contributed by atoms with Crippen molar-refractivity contribution in [3.8, 4) is 0 Å². The van der Waals surface area contributed by atoms with E-state index in [1.54, 1.807) is 12.1 Å². The number of anilines is 1. The average molecular weight is 370 g/mol. The van der Waals surface area contributed by atoms with Crippen LogP contribution in [0.25, 0.3) is 0 Å². The van der Waals surface area contributed by atoms with Crippen LogP contribution < -0.4 is 5.32 Å². The lowest BCUT2D eigenvalue weighted by Gasteiger charge is -2.06. The molecule has 1 amide bonds. The lowest BCUT2D eigenvalue weighted by molar-refractivity contribution is 0.102. The molecule has 0 atom stereocenters. The Morgan fingerprint density at radius 3 is 2.65 bits per heavy atom. The van der Waals surface area contributed by atoms with E-state index in [9.17, 15) is 4.79 Å². The van der Waals surface area contributed by atoms with Crippen LogP contribution in [0.1, 0.15) is 21.5 Å². The molecule has 116 valence electrons. The van der Waals surface area contributed by atoms with Crippen LogP contribution in [0.15, 0.2) is 65.3 Å². The summed E-state index contributed by atoms with van der Waals surface area (Å²) in [6, 6.07) is 17.3. The Labute approximate surface area is 143 Å². The van der Waals surface area contributed by atoms with E-state index in [1.165, 1.54) is 11.1 Å². The molecule has 0 aliphatic heterocycles. The maximum atomic E-state index is 12.3. The molecule has 0 fully saturated rings. The van der Waals surface area contributed by atoms with Crippen molar-refractivity contribution in [1.82, 2.24) is 9.78 Å². The lowest BCUT2D eigenvalue weighted by atomic mass is 10.1. The lowest BCUT2D eigenvalue weighted by Crippen LogP contribution is -2.13. The summed E-state index contributed by atoms with van der Waals surface area (Å²) in [4.78, 5) is 12.3. The molecule has 0 bridgehead atoms. The number of amides is 1. The van der Waals surface area contributed by atoms with E-state index >= 15 is 0 Å². The van der Waals surface area contributed by atoms with Crippen molar-refractivity contribution in [3.63, 3.8) is 0 Å². The smallest absolute Gasteiger partial charge is 0.258 e. The van der Waals surface area contributed by atoms with Crippen molar-refractivity contribution < 1.29 is 4.79 Å². The maximum absolute atomic E-state index is 12.3. The fourth-order valence-corrected chi connectivity index (χ4v) is 2.77. The van der Waals surface area contributed by atoms with E-state index in [0.717, 1.165) is 4.47 Å². The van der Waals surface area contributed by atoms with Crippen molar-refractivity contribution in [3.05, 3.63) is 82.0 Å². The number of nitrogens with zero attached hydrogens (tertiary/aromatic N) is 2. The van der Waals surface area contributed by atoms with Gasteiger partial charge in [0.05, 0.1) is 12.1 Å². The quantitative estimate of drug-likeness (QED) is 0.746. The Kier molecular flexibility index (Phi) is 4.57. The maximum Gasteiger partial charge on any atom is 0.258 e. The fraction of sp³-hybridized carbons (Fsp3) is 0.111. The van der Waals surface area contributed by atoms with Gasteiger partial charge in [-0.25, -0.2) is 0 Å². The van der Waals surface area contributed by atoms with E-state index < -0.39 is 0 Å². The Bertz CT molecular complexity index is 842. The summed E-state index contributed by atoms with van der Waals surface area (Å²) < 4.78 is 2.58. The third kappa shape index (κ3) is 3.68. The molecule has 0 radical (unpaired) electrons. The van der Waals surface area contributed by atoms with Crippen LogP contribution in [0.4, 0.5) is 5.82 Å². The van der Waals surface area contributed by atoms with Crippen LogP contribution in [0.5, 0.6) is 0 Å². The van der Waals surface area contributed by atoms with E-state index in [-0.39, 0.29) is 5.91 Å². The van der Waals surface area contributed by atoms with Crippen molar-refractivity contribution in [2.75, 3.05) is 5.32 Å². The van der Waals surface area contributed by atoms with Gasteiger partial charge in [0.2, 0.25) is 0 Å². The first-order chi connectivity index (χ1) is 11.1. The highest BCUT2D eigenvalue weighted by Crippen LogP contribution is 2.17. The molecule has 4 nitrogen and oxygen atoms in total. The second kappa shape index (κ2) is 6.79. The van der Waals surface area contributed by atoms with Gasteiger partial charge in [-0.2, -0.15) is 5.10 Å². The largest absolute Gasteiger partial charge is 0.305 e. The van der Waals surface area contributed by atoms with Crippen molar-refractivity contribution in [2.24, 2.45) is 0 Å². The van der Waals surface area contributed by atoms with Gasteiger partial charge in [0.1, 0.15) is 0 Å². The number of carbonyl (C=O) groups is 1. The van der Waals surface area contributed by atoms with Crippen molar-refractivity contribution >= 4 is 27.7 Å². The summed E-state index contributed by atoms with van der Waals surface area (Å²) >= 11 is 3.38. The average Bonchev–Trinajstić information content (AvgIpc) is 2.97. The summed E-state index contributed by atoms with van der Waals surface area (Å²) in [5.74, 6) is 0.359.